The smallest absolute Gasteiger partial charge is 0.234 e. The molecule has 1 saturated heterocycles. The zero-order valence-corrected chi connectivity index (χ0v) is 16.1. The molecule has 1 aromatic heterocycles. The van der Waals surface area contributed by atoms with E-state index in [0.29, 0.717) is 13.1 Å². The SMILES string of the molecule is O=C(CN1CCN(Cc2nc3ccccc3[nH]2)CC1)NCCc1ccccc1. The lowest BCUT2D eigenvalue weighted by molar-refractivity contribution is -0.122. The standard InChI is InChI=1S/C22H27N5O/c28-22(23-11-10-18-6-2-1-3-7-18)17-27-14-12-26(13-15-27)16-21-24-19-8-4-5-9-20(19)25-21/h1-9H,10-17H2,(H,23,28)(H,24,25). The van der Waals surface area contributed by atoms with Gasteiger partial charge in [0.05, 0.1) is 24.1 Å². The van der Waals surface area contributed by atoms with Crippen LogP contribution in [0.2, 0.25) is 0 Å². The molecule has 0 radical (unpaired) electrons. The van der Waals surface area contributed by atoms with Crippen molar-refractivity contribution in [3.8, 4) is 0 Å². The Morgan fingerprint density at radius 1 is 0.964 bits per heavy atom. The maximum absolute atomic E-state index is 12.2. The van der Waals surface area contributed by atoms with Crippen molar-refractivity contribution in [1.29, 1.82) is 0 Å². The number of nitrogens with zero attached hydrogens (tertiary/aromatic N) is 3. The summed E-state index contributed by atoms with van der Waals surface area (Å²) in [6, 6.07) is 18.4. The molecule has 4 rings (SSSR count). The van der Waals surface area contributed by atoms with Gasteiger partial charge in [0.2, 0.25) is 5.91 Å². The van der Waals surface area contributed by atoms with Gasteiger partial charge < -0.3 is 10.3 Å². The highest BCUT2D eigenvalue weighted by atomic mass is 16.2. The van der Waals surface area contributed by atoms with Crippen molar-refractivity contribution >= 4 is 16.9 Å². The number of imidazole rings is 1. The maximum Gasteiger partial charge on any atom is 0.234 e. The second-order valence-corrected chi connectivity index (χ2v) is 7.34. The average molecular weight is 377 g/mol. The molecule has 0 saturated carbocycles. The third-order valence-electron chi connectivity index (χ3n) is 5.22. The first-order chi connectivity index (χ1) is 13.8. The number of aromatic nitrogens is 2. The number of para-hydroxylation sites is 2. The summed E-state index contributed by atoms with van der Waals surface area (Å²) in [7, 11) is 0. The van der Waals surface area contributed by atoms with Gasteiger partial charge in [-0.3, -0.25) is 14.6 Å². The van der Waals surface area contributed by atoms with Crippen molar-refractivity contribution in [2.24, 2.45) is 0 Å². The normalized spacial score (nSPS) is 15.7. The minimum atomic E-state index is 0.113. The minimum Gasteiger partial charge on any atom is -0.355 e. The van der Waals surface area contributed by atoms with E-state index in [9.17, 15) is 4.79 Å². The van der Waals surface area contributed by atoms with E-state index in [1.54, 1.807) is 0 Å². The van der Waals surface area contributed by atoms with E-state index in [1.807, 2.05) is 36.4 Å². The van der Waals surface area contributed by atoms with Gasteiger partial charge in [0.1, 0.15) is 5.82 Å². The van der Waals surface area contributed by atoms with Crippen molar-refractivity contribution in [2.75, 3.05) is 39.3 Å². The van der Waals surface area contributed by atoms with Gasteiger partial charge in [0, 0.05) is 32.7 Å². The predicted octanol–water partition coefficient (Wildman–Crippen LogP) is 2.04. The second-order valence-electron chi connectivity index (χ2n) is 7.34. The predicted molar refractivity (Wildman–Crippen MR) is 111 cm³/mol. The van der Waals surface area contributed by atoms with Gasteiger partial charge in [-0.2, -0.15) is 0 Å². The Morgan fingerprint density at radius 3 is 2.46 bits per heavy atom. The fraction of sp³-hybridized carbons (Fsp3) is 0.364. The van der Waals surface area contributed by atoms with Crippen LogP contribution in [0.4, 0.5) is 0 Å². The van der Waals surface area contributed by atoms with Crippen LogP contribution in [0.1, 0.15) is 11.4 Å². The fourth-order valence-electron chi connectivity index (χ4n) is 3.65. The van der Waals surface area contributed by atoms with Crippen molar-refractivity contribution in [2.45, 2.75) is 13.0 Å². The van der Waals surface area contributed by atoms with E-state index in [2.05, 4.69) is 43.3 Å². The van der Waals surface area contributed by atoms with Crippen LogP contribution in [-0.2, 0) is 17.8 Å². The Bertz CT molecular complexity index is 866. The molecule has 6 heteroatoms. The lowest BCUT2D eigenvalue weighted by Gasteiger charge is -2.33. The van der Waals surface area contributed by atoms with Gasteiger partial charge in [-0.05, 0) is 24.1 Å². The number of hydrogen-bond acceptors (Lipinski definition) is 4. The van der Waals surface area contributed by atoms with Crippen LogP contribution in [0.3, 0.4) is 0 Å². The largest absolute Gasteiger partial charge is 0.355 e. The summed E-state index contributed by atoms with van der Waals surface area (Å²) >= 11 is 0. The molecule has 0 bridgehead atoms. The lowest BCUT2D eigenvalue weighted by Crippen LogP contribution is -2.49. The third kappa shape index (κ3) is 4.97. The molecule has 2 N–H and O–H groups in total. The third-order valence-corrected chi connectivity index (χ3v) is 5.22. The van der Waals surface area contributed by atoms with Gasteiger partial charge in [-0.25, -0.2) is 4.98 Å². The minimum absolute atomic E-state index is 0.113. The topological polar surface area (TPSA) is 64.3 Å². The van der Waals surface area contributed by atoms with Crippen LogP contribution in [-0.4, -0.2) is 64.9 Å². The van der Waals surface area contributed by atoms with E-state index < -0.39 is 0 Å². The van der Waals surface area contributed by atoms with E-state index in [1.165, 1.54) is 5.56 Å². The maximum atomic E-state index is 12.2. The number of H-pyrrole nitrogens is 1. The molecule has 0 unspecified atom stereocenters. The van der Waals surface area contributed by atoms with Crippen LogP contribution in [0.15, 0.2) is 54.6 Å². The van der Waals surface area contributed by atoms with Crippen molar-refractivity contribution in [3.05, 3.63) is 66.0 Å². The molecule has 0 spiro atoms. The number of benzene rings is 2. The number of hydrogen-bond donors (Lipinski definition) is 2. The first-order valence-electron chi connectivity index (χ1n) is 9.95. The zero-order chi connectivity index (χ0) is 19.2. The molecule has 146 valence electrons. The van der Waals surface area contributed by atoms with E-state index in [-0.39, 0.29) is 5.91 Å². The summed E-state index contributed by atoms with van der Waals surface area (Å²) in [6.07, 6.45) is 0.873. The monoisotopic (exact) mass is 377 g/mol. The summed E-state index contributed by atoms with van der Waals surface area (Å²) in [5.74, 6) is 1.12. The van der Waals surface area contributed by atoms with Crippen molar-refractivity contribution < 1.29 is 4.79 Å². The van der Waals surface area contributed by atoms with E-state index in [0.717, 1.165) is 56.0 Å². The number of nitrogens with one attached hydrogen (secondary N) is 2. The number of carbonyl (C=O) groups excluding carboxylic acids is 1. The molecule has 0 atom stereocenters. The first kappa shape index (κ1) is 18.7. The van der Waals surface area contributed by atoms with E-state index >= 15 is 0 Å². The van der Waals surface area contributed by atoms with Crippen LogP contribution < -0.4 is 5.32 Å². The van der Waals surface area contributed by atoms with Crippen LogP contribution in [0.25, 0.3) is 11.0 Å². The Balaban J connectivity index is 1.17. The molecule has 2 aromatic carbocycles. The van der Waals surface area contributed by atoms with Gasteiger partial charge >= 0.3 is 0 Å². The highest BCUT2D eigenvalue weighted by Gasteiger charge is 2.19. The first-order valence-corrected chi connectivity index (χ1v) is 9.95. The molecule has 1 amide bonds. The number of carbonyl (C=O) groups is 1. The number of aromatic amines is 1. The average Bonchev–Trinajstić information content (AvgIpc) is 3.12. The molecule has 0 aliphatic carbocycles. The lowest BCUT2D eigenvalue weighted by atomic mass is 10.1. The summed E-state index contributed by atoms with van der Waals surface area (Å²) in [4.78, 5) is 24.9. The van der Waals surface area contributed by atoms with Gasteiger partial charge in [0.25, 0.3) is 0 Å². The second kappa shape index (κ2) is 8.99. The van der Waals surface area contributed by atoms with Crippen LogP contribution in [0.5, 0.6) is 0 Å². The molecule has 6 nitrogen and oxygen atoms in total. The highest BCUT2D eigenvalue weighted by Crippen LogP contribution is 2.12. The summed E-state index contributed by atoms with van der Waals surface area (Å²) in [6.45, 7) is 5.72. The summed E-state index contributed by atoms with van der Waals surface area (Å²) in [5, 5.41) is 3.04. The van der Waals surface area contributed by atoms with Gasteiger partial charge in [-0.1, -0.05) is 42.5 Å². The molecular weight excluding hydrogens is 350 g/mol. The van der Waals surface area contributed by atoms with Crippen LogP contribution >= 0.6 is 0 Å². The molecule has 28 heavy (non-hydrogen) atoms. The Kier molecular flexibility index (Phi) is 5.99. The molecule has 1 fully saturated rings. The Labute approximate surface area is 165 Å². The summed E-state index contributed by atoms with van der Waals surface area (Å²) < 4.78 is 0. The number of piperazine rings is 1. The van der Waals surface area contributed by atoms with Crippen LogP contribution in [0, 0.1) is 0 Å². The summed E-state index contributed by atoms with van der Waals surface area (Å²) in [5.41, 5.74) is 3.36. The van der Waals surface area contributed by atoms with Crippen molar-refractivity contribution in [3.63, 3.8) is 0 Å². The molecule has 1 aliphatic rings. The highest BCUT2D eigenvalue weighted by molar-refractivity contribution is 5.78. The van der Waals surface area contributed by atoms with Crippen molar-refractivity contribution in [1.82, 2.24) is 25.1 Å². The number of fused-ring (bicyclic) bond motifs is 1. The quantitative estimate of drug-likeness (QED) is 0.661. The molecule has 1 aliphatic heterocycles. The molecular formula is C22H27N5O. The van der Waals surface area contributed by atoms with Gasteiger partial charge in [-0.15, -0.1) is 0 Å². The Morgan fingerprint density at radius 2 is 1.68 bits per heavy atom. The number of rotatable bonds is 7. The fourth-order valence-corrected chi connectivity index (χ4v) is 3.65. The number of amides is 1. The zero-order valence-electron chi connectivity index (χ0n) is 16.1. The molecule has 2 heterocycles. The Hall–Kier alpha value is -2.70. The van der Waals surface area contributed by atoms with E-state index in [4.69, 9.17) is 0 Å². The van der Waals surface area contributed by atoms with Gasteiger partial charge in [0.15, 0.2) is 0 Å². The molecule has 3 aromatic rings.